The van der Waals surface area contributed by atoms with Crippen LogP contribution in [0.25, 0.3) is 0 Å². The summed E-state index contributed by atoms with van der Waals surface area (Å²) in [6.45, 7) is 3.03. The van der Waals surface area contributed by atoms with Gasteiger partial charge in [-0.25, -0.2) is 0 Å². The van der Waals surface area contributed by atoms with Crippen molar-refractivity contribution < 1.29 is 9.47 Å². The summed E-state index contributed by atoms with van der Waals surface area (Å²) < 4.78 is 11.3. The Bertz CT molecular complexity index is 708. The standard InChI is InChI=1S/C20H26Cl2N2O2/c1-24(2)10-6-9-23-13-16-11-19(25-3)20(12-18(16)22)26-14-15-7-4-5-8-17(15)21/h4-5,7-8,11-12,23H,6,9-10,13-14H2,1-3H3. The van der Waals surface area contributed by atoms with E-state index in [1.807, 2.05) is 30.3 Å². The number of benzene rings is 2. The lowest BCUT2D eigenvalue weighted by Gasteiger charge is -2.15. The normalized spacial score (nSPS) is 11.0. The van der Waals surface area contributed by atoms with Crippen molar-refractivity contribution >= 4 is 23.2 Å². The third kappa shape index (κ3) is 6.36. The molecule has 0 saturated heterocycles. The average molecular weight is 397 g/mol. The molecule has 26 heavy (non-hydrogen) atoms. The maximum absolute atomic E-state index is 6.42. The van der Waals surface area contributed by atoms with Gasteiger partial charge in [-0.15, -0.1) is 0 Å². The number of hydrogen-bond acceptors (Lipinski definition) is 4. The van der Waals surface area contributed by atoms with E-state index in [-0.39, 0.29) is 0 Å². The minimum absolute atomic E-state index is 0.356. The zero-order valence-electron chi connectivity index (χ0n) is 15.5. The van der Waals surface area contributed by atoms with Crippen LogP contribution >= 0.6 is 23.2 Å². The first-order valence-corrected chi connectivity index (χ1v) is 9.35. The van der Waals surface area contributed by atoms with Gasteiger partial charge in [0.05, 0.1) is 7.11 Å². The average Bonchev–Trinajstić information content (AvgIpc) is 2.61. The van der Waals surface area contributed by atoms with Gasteiger partial charge in [0.2, 0.25) is 0 Å². The highest BCUT2D eigenvalue weighted by molar-refractivity contribution is 6.31. The van der Waals surface area contributed by atoms with Crippen molar-refractivity contribution in [2.75, 3.05) is 34.3 Å². The summed E-state index contributed by atoms with van der Waals surface area (Å²) in [5.74, 6) is 1.26. The smallest absolute Gasteiger partial charge is 0.163 e. The second-order valence-electron chi connectivity index (χ2n) is 6.31. The van der Waals surface area contributed by atoms with Crippen LogP contribution in [0, 0.1) is 0 Å². The second-order valence-corrected chi connectivity index (χ2v) is 7.12. The maximum Gasteiger partial charge on any atom is 0.163 e. The lowest BCUT2D eigenvalue weighted by Crippen LogP contribution is -2.21. The summed E-state index contributed by atoms with van der Waals surface area (Å²) in [5.41, 5.74) is 1.90. The van der Waals surface area contributed by atoms with Gasteiger partial charge in [-0.05, 0) is 51.3 Å². The molecule has 1 N–H and O–H groups in total. The number of methoxy groups -OCH3 is 1. The zero-order chi connectivity index (χ0) is 18.9. The van der Waals surface area contributed by atoms with Gasteiger partial charge in [0.25, 0.3) is 0 Å². The Morgan fingerprint density at radius 2 is 1.77 bits per heavy atom. The minimum atomic E-state index is 0.356. The number of nitrogens with zero attached hydrogens (tertiary/aromatic N) is 1. The summed E-state index contributed by atoms with van der Waals surface area (Å²) in [7, 11) is 5.77. The fraction of sp³-hybridized carbons (Fsp3) is 0.400. The van der Waals surface area contributed by atoms with Gasteiger partial charge in [0.15, 0.2) is 11.5 Å². The highest BCUT2D eigenvalue weighted by Crippen LogP contribution is 2.34. The summed E-state index contributed by atoms with van der Waals surface area (Å²) in [4.78, 5) is 2.17. The van der Waals surface area contributed by atoms with Crippen LogP contribution in [0.5, 0.6) is 11.5 Å². The van der Waals surface area contributed by atoms with Crippen molar-refractivity contribution in [2.45, 2.75) is 19.6 Å². The van der Waals surface area contributed by atoms with Gasteiger partial charge in [-0.3, -0.25) is 0 Å². The third-order valence-corrected chi connectivity index (χ3v) is 4.67. The summed E-state index contributed by atoms with van der Waals surface area (Å²) in [6.07, 6.45) is 1.08. The summed E-state index contributed by atoms with van der Waals surface area (Å²) >= 11 is 12.6. The third-order valence-electron chi connectivity index (χ3n) is 3.95. The van der Waals surface area contributed by atoms with Gasteiger partial charge in [0.1, 0.15) is 6.61 Å². The molecule has 0 aliphatic rings. The molecule has 0 heterocycles. The van der Waals surface area contributed by atoms with E-state index in [9.17, 15) is 0 Å². The van der Waals surface area contributed by atoms with Crippen LogP contribution in [-0.4, -0.2) is 39.2 Å². The lowest BCUT2D eigenvalue weighted by molar-refractivity contribution is 0.284. The number of halogens is 2. The maximum atomic E-state index is 6.42. The van der Waals surface area contributed by atoms with Crippen molar-refractivity contribution in [2.24, 2.45) is 0 Å². The molecule has 0 aromatic heterocycles. The van der Waals surface area contributed by atoms with Crippen LogP contribution in [0.2, 0.25) is 10.0 Å². The van der Waals surface area contributed by atoms with E-state index >= 15 is 0 Å². The first kappa shape index (κ1) is 20.8. The second kappa shape index (κ2) is 10.6. The molecule has 0 aliphatic carbocycles. The van der Waals surface area contributed by atoms with Crippen molar-refractivity contribution in [1.82, 2.24) is 10.2 Å². The van der Waals surface area contributed by atoms with Gasteiger partial charge >= 0.3 is 0 Å². The Kier molecular flexibility index (Phi) is 8.52. The highest BCUT2D eigenvalue weighted by Gasteiger charge is 2.11. The Labute approximate surface area is 166 Å². The fourth-order valence-corrected chi connectivity index (χ4v) is 2.91. The van der Waals surface area contributed by atoms with Crippen LogP contribution in [0.4, 0.5) is 0 Å². The molecule has 0 bridgehead atoms. The van der Waals surface area contributed by atoms with Gasteiger partial charge in [-0.1, -0.05) is 41.4 Å². The minimum Gasteiger partial charge on any atom is -0.493 e. The van der Waals surface area contributed by atoms with E-state index in [4.69, 9.17) is 32.7 Å². The lowest BCUT2D eigenvalue weighted by atomic mass is 10.2. The van der Waals surface area contributed by atoms with Crippen LogP contribution < -0.4 is 14.8 Å². The Hall–Kier alpha value is -1.46. The van der Waals surface area contributed by atoms with Gasteiger partial charge in [0, 0.05) is 28.2 Å². The van der Waals surface area contributed by atoms with Gasteiger partial charge in [-0.2, -0.15) is 0 Å². The predicted octanol–water partition coefficient (Wildman–Crippen LogP) is 4.62. The molecule has 2 rings (SSSR count). The zero-order valence-corrected chi connectivity index (χ0v) is 17.0. The highest BCUT2D eigenvalue weighted by atomic mass is 35.5. The van der Waals surface area contributed by atoms with E-state index in [0.717, 1.165) is 30.6 Å². The molecule has 0 amide bonds. The number of hydrogen-bond donors (Lipinski definition) is 1. The monoisotopic (exact) mass is 396 g/mol. The van der Waals surface area contributed by atoms with Crippen molar-refractivity contribution in [1.29, 1.82) is 0 Å². The SMILES string of the molecule is COc1cc(CNCCCN(C)C)c(Cl)cc1OCc1ccccc1Cl. The Morgan fingerprint density at radius 3 is 2.46 bits per heavy atom. The molecule has 142 valence electrons. The van der Waals surface area contributed by atoms with Crippen molar-refractivity contribution in [3.05, 3.63) is 57.6 Å². The van der Waals surface area contributed by atoms with E-state index in [1.165, 1.54) is 0 Å². The van der Waals surface area contributed by atoms with E-state index in [1.54, 1.807) is 13.2 Å². The molecule has 0 aliphatic heterocycles. The van der Waals surface area contributed by atoms with Crippen molar-refractivity contribution in [3.8, 4) is 11.5 Å². The first-order valence-electron chi connectivity index (χ1n) is 8.59. The molecule has 2 aromatic rings. The Morgan fingerprint density at radius 1 is 1.00 bits per heavy atom. The van der Waals surface area contributed by atoms with Crippen LogP contribution in [0.15, 0.2) is 36.4 Å². The number of ether oxygens (including phenoxy) is 2. The van der Waals surface area contributed by atoms with Crippen LogP contribution in [-0.2, 0) is 13.2 Å². The van der Waals surface area contributed by atoms with Crippen LogP contribution in [0.3, 0.4) is 0 Å². The van der Waals surface area contributed by atoms with E-state index in [0.29, 0.717) is 34.7 Å². The molecule has 2 aromatic carbocycles. The molecular weight excluding hydrogens is 371 g/mol. The predicted molar refractivity (Wildman–Crippen MR) is 109 cm³/mol. The topological polar surface area (TPSA) is 33.7 Å². The van der Waals surface area contributed by atoms with E-state index < -0.39 is 0 Å². The molecular formula is C20H26Cl2N2O2. The molecule has 0 atom stereocenters. The quantitative estimate of drug-likeness (QED) is 0.593. The Balaban J connectivity index is 1.98. The molecule has 0 radical (unpaired) electrons. The molecule has 0 saturated carbocycles. The molecule has 6 heteroatoms. The molecule has 0 unspecified atom stereocenters. The fourth-order valence-electron chi connectivity index (χ4n) is 2.50. The van der Waals surface area contributed by atoms with E-state index in [2.05, 4.69) is 24.3 Å². The summed E-state index contributed by atoms with van der Waals surface area (Å²) in [6, 6.07) is 11.3. The molecule has 0 fully saturated rings. The van der Waals surface area contributed by atoms with Gasteiger partial charge < -0.3 is 19.7 Å². The first-order chi connectivity index (χ1) is 12.5. The largest absolute Gasteiger partial charge is 0.493 e. The summed E-state index contributed by atoms with van der Waals surface area (Å²) in [5, 5.41) is 4.74. The number of nitrogens with one attached hydrogen (secondary N) is 1. The number of rotatable bonds is 10. The molecule has 4 nitrogen and oxygen atoms in total. The van der Waals surface area contributed by atoms with Crippen molar-refractivity contribution in [3.63, 3.8) is 0 Å². The van der Waals surface area contributed by atoms with Crippen LogP contribution in [0.1, 0.15) is 17.5 Å². The molecule has 0 spiro atoms.